The lowest BCUT2D eigenvalue weighted by atomic mass is 10.0. The Morgan fingerprint density at radius 2 is 1.06 bits per heavy atom. The number of unbranched alkanes of at least 4 members (excludes halogenated alkanes) is 16. The molecule has 0 unspecified atom stereocenters. The van der Waals surface area contributed by atoms with Crippen molar-refractivity contribution in [3.05, 3.63) is 53.6 Å². The van der Waals surface area contributed by atoms with E-state index in [1.165, 1.54) is 139 Å². The average Bonchev–Trinajstić information content (AvgIpc) is 3.29. The Hall–Kier alpha value is -1.57. The Morgan fingerprint density at radius 1 is 0.528 bits per heavy atom. The lowest BCUT2D eigenvalue weighted by Crippen LogP contribution is -2.03. The summed E-state index contributed by atoms with van der Waals surface area (Å²) in [6.07, 6.45) is 32.2. The predicted molar refractivity (Wildman–Crippen MR) is 159 cm³/mol. The average molecular weight is 495 g/mol. The Kier molecular flexibility index (Phi) is 18.3. The highest BCUT2D eigenvalue weighted by molar-refractivity contribution is 5.15. The molecule has 0 aliphatic carbocycles. The lowest BCUT2D eigenvalue weighted by Gasteiger charge is -2.08. The number of nitrogens with zero attached hydrogens (tertiary/aromatic N) is 2. The third-order valence-corrected chi connectivity index (χ3v) is 7.66. The van der Waals surface area contributed by atoms with E-state index in [0.717, 1.165) is 25.8 Å². The van der Waals surface area contributed by atoms with E-state index in [1.54, 1.807) is 0 Å². The number of hydrogen-bond acceptors (Lipinski definition) is 1. The zero-order chi connectivity index (χ0) is 25.5. The van der Waals surface area contributed by atoms with Crippen LogP contribution in [0.2, 0.25) is 0 Å². The second kappa shape index (κ2) is 21.5. The first-order valence-electron chi connectivity index (χ1n) is 15.9. The quantitative estimate of drug-likeness (QED) is 0.133. The van der Waals surface area contributed by atoms with Crippen molar-refractivity contribution in [2.45, 2.75) is 162 Å². The molecule has 0 N–H and O–H groups in total. The van der Waals surface area contributed by atoms with Gasteiger partial charge in [-0.25, -0.2) is 4.98 Å². The summed E-state index contributed by atoms with van der Waals surface area (Å²) in [5.74, 6) is 1.34. The van der Waals surface area contributed by atoms with Crippen molar-refractivity contribution in [3.8, 4) is 0 Å². The fourth-order valence-corrected chi connectivity index (χ4v) is 5.33. The van der Waals surface area contributed by atoms with E-state index >= 15 is 0 Å². The van der Waals surface area contributed by atoms with Gasteiger partial charge in [0.25, 0.3) is 0 Å². The standard InChI is InChI=1S/C34H58N2/c1-3-5-7-9-10-11-12-13-14-15-16-17-18-23-30-36-31-33(35-34(36)29-22-8-6-4-2)28-24-27-32-25-20-19-21-26-32/h19-21,25-26,31H,3-18,22-24,27-30H2,1-2H3. The van der Waals surface area contributed by atoms with Crippen molar-refractivity contribution in [1.29, 1.82) is 0 Å². The minimum absolute atomic E-state index is 1.10. The van der Waals surface area contributed by atoms with Crippen molar-refractivity contribution in [2.24, 2.45) is 0 Å². The molecule has 204 valence electrons. The molecule has 0 saturated heterocycles. The van der Waals surface area contributed by atoms with Crippen molar-refractivity contribution in [1.82, 2.24) is 9.55 Å². The van der Waals surface area contributed by atoms with Gasteiger partial charge in [-0.3, -0.25) is 0 Å². The van der Waals surface area contributed by atoms with Crippen LogP contribution < -0.4 is 0 Å². The van der Waals surface area contributed by atoms with Crippen LogP contribution in [0.1, 0.15) is 153 Å². The number of aromatic nitrogens is 2. The summed E-state index contributed by atoms with van der Waals surface area (Å²) < 4.78 is 2.50. The van der Waals surface area contributed by atoms with Gasteiger partial charge in [0.2, 0.25) is 0 Å². The maximum atomic E-state index is 5.09. The Bertz CT molecular complexity index is 733. The van der Waals surface area contributed by atoms with Gasteiger partial charge in [0, 0.05) is 19.2 Å². The second-order valence-electron chi connectivity index (χ2n) is 11.1. The summed E-state index contributed by atoms with van der Waals surface area (Å²) >= 11 is 0. The summed E-state index contributed by atoms with van der Waals surface area (Å²) in [6.45, 7) is 5.75. The molecule has 0 aliphatic rings. The fraction of sp³-hybridized carbons (Fsp3) is 0.735. The summed E-state index contributed by atoms with van der Waals surface area (Å²) in [7, 11) is 0. The molecule has 1 heterocycles. The van der Waals surface area contributed by atoms with Gasteiger partial charge in [-0.05, 0) is 37.7 Å². The van der Waals surface area contributed by atoms with Crippen LogP contribution in [0.25, 0.3) is 0 Å². The molecule has 0 atom stereocenters. The number of benzene rings is 1. The Labute approximate surface area is 224 Å². The normalized spacial score (nSPS) is 11.4. The first kappa shape index (κ1) is 30.7. The van der Waals surface area contributed by atoms with Gasteiger partial charge in [-0.2, -0.15) is 0 Å². The molecule has 0 radical (unpaired) electrons. The zero-order valence-electron chi connectivity index (χ0n) is 24.1. The van der Waals surface area contributed by atoms with E-state index in [4.69, 9.17) is 4.98 Å². The largest absolute Gasteiger partial charge is 0.335 e. The van der Waals surface area contributed by atoms with Gasteiger partial charge in [0.1, 0.15) is 5.82 Å². The van der Waals surface area contributed by atoms with Gasteiger partial charge < -0.3 is 4.57 Å². The van der Waals surface area contributed by atoms with Gasteiger partial charge >= 0.3 is 0 Å². The molecule has 2 aromatic rings. The molecule has 1 aromatic carbocycles. The van der Waals surface area contributed by atoms with E-state index in [0.29, 0.717) is 0 Å². The van der Waals surface area contributed by atoms with Crippen molar-refractivity contribution in [2.75, 3.05) is 0 Å². The van der Waals surface area contributed by atoms with Crippen LogP contribution in [0.4, 0.5) is 0 Å². The van der Waals surface area contributed by atoms with Crippen LogP contribution in [0, 0.1) is 0 Å². The van der Waals surface area contributed by atoms with E-state index in [1.807, 2.05) is 0 Å². The van der Waals surface area contributed by atoms with Crippen molar-refractivity contribution >= 4 is 0 Å². The van der Waals surface area contributed by atoms with Crippen molar-refractivity contribution < 1.29 is 0 Å². The van der Waals surface area contributed by atoms with Gasteiger partial charge in [0.05, 0.1) is 5.69 Å². The Balaban J connectivity index is 1.59. The number of aryl methyl sites for hydroxylation is 4. The van der Waals surface area contributed by atoms with Crippen molar-refractivity contribution in [3.63, 3.8) is 0 Å². The summed E-state index contributed by atoms with van der Waals surface area (Å²) in [4.78, 5) is 5.09. The molecule has 1 aromatic heterocycles. The van der Waals surface area contributed by atoms with E-state index in [9.17, 15) is 0 Å². The third kappa shape index (κ3) is 14.9. The number of rotatable bonds is 24. The molecular weight excluding hydrogens is 436 g/mol. The smallest absolute Gasteiger partial charge is 0.108 e. The minimum Gasteiger partial charge on any atom is -0.335 e. The topological polar surface area (TPSA) is 17.8 Å². The molecule has 0 saturated carbocycles. The molecule has 0 spiro atoms. The van der Waals surface area contributed by atoms with Crippen LogP contribution >= 0.6 is 0 Å². The molecule has 2 nitrogen and oxygen atoms in total. The van der Waals surface area contributed by atoms with E-state index in [2.05, 4.69) is 54.9 Å². The van der Waals surface area contributed by atoms with Gasteiger partial charge in [-0.1, -0.05) is 147 Å². The predicted octanol–water partition coefficient (Wildman–Crippen LogP) is 10.7. The molecule has 0 aliphatic heterocycles. The molecule has 2 heteroatoms. The monoisotopic (exact) mass is 494 g/mol. The highest BCUT2D eigenvalue weighted by Crippen LogP contribution is 2.16. The van der Waals surface area contributed by atoms with Crippen LogP contribution in [0.5, 0.6) is 0 Å². The van der Waals surface area contributed by atoms with Crippen LogP contribution in [0.15, 0.2) is 36.5 Å². The van der Waals surface area contributed by atoms with Crippen LogP contribution in [-0.2, 0) is 25.8 Å². The summed E-state index contributed by atoms with van der Waals surface area (Å²) in [5.41, 5.74) is 2.75. The molecule has 0 bridgehead atoms. The SMILES string of the molecule is CCCCCCCCCCCCCCCCn1cc(CCCc2ccccc2)nc1CCCCCC. The Morgan fingerprint density at radius 3 is 1.64 bits per heavy atom. The van der Waals surface area contributed by atoms with Gasteiger partial charge in [0.15, 0.2) is 0 Å². The molecule has 0 amide bonds. The fourth-order valence-electron chi connectivity index (χ4n) is 5.33. The second-order valence-corrected chi connectivity index (χ2v) is 11.1. The molecule has 2 rings (SSSR count). The maximum absolute atomic E-state index is 5.09. The van der Waals surface area contributed by atoms with E-state index in [-0.39, 0.29) is 0 Å². The van der Waals surface area contributed by atoms with Gasteiger partial charge in [-0.15, -0.1) is 0 Å². The summed E-state index contributed by atoms with van der Waals surface area (Å²) in [6, 6.07) is 10.9. The molecular formula is C34H58N2. The first-order chi connectivity index (χ1) is 17.8. The minimum atomic E-state index is 1.10. The van der Waals surface area contributed by atoms with Crippen LogP contribution in [-0.4, -0.2) is 9.55 Å². The first-order valence-corrected chi connectivity index (χ1v) is 15.9. The lowest BCUT2D eigenvalue weighted by molar-refractivity contribution is 0.517. The molecule has 0 fully saturated rings. The summed E-state index contributed by atoms with van der Waals surface area (Å²) in [5, 5.41) is 0. The number of hydrogen-bond donors (Lipinski definition) is 0. The highest BCUT2D eigenvalue weighted by Gasteiger charge is 2.08. The highest BCUT2D eigenvalue weighted by atomic mass is 15.1. The van der Waals surface area contributed by atoms with E-state index < -0.39 is 0 Å². The zero-order valence-corrected chi connectivity index (χ0v) is 24.1. The number of imidazole rings is 1. The third-order valence-electron chi connectivity index (χ3n) is 7.66. The van der Waals surface area contributed by atoms with Crippen LogP contribution in [0.3, 0.4) is 0 Å². The maximum Gasteiger partial charge on any atom is 0.108 e. The molecule has 36 heavy (non-hydrogen) atoms.